The van der Waals surface area contributed by atoms with Crippen LogP contribution in [-0.2, 0) is 11.3 Å². The fourth-order valence-electron chi connectivity index (χ4n) is 1.97. The van der Waals surface area contributed by atoms with Crippen LogP contribution in [0.25, 0.3) is 11.0 Å². The van der Waals surface area contributed by atoms with Gasteiger partial charge in [0.25, 0.3) is 0 Å². The number of aromatic amines is 1. The number of fused-ring (bicyclic) bond motifs is 1. The highest BCUT2D eigenvalue weighted by atomic mass is 32.1. The minimum Gasteiger partial charge on any atom is -0.382 e. The van der Waals surface area contributed by atoms with E-state index in [0.29, 0.717) is 0 Å². The number of hydrogen-bond acceptors (Lipinski definition) is 2. The number of H-pyrrole nitrogens is 1. The highest BCUT2D eigenvalue weighted by molar-refractivity contribution is 7.71. The summed E-state index contributed by atoms with van der Waals surface area (Å²) in [6.07, 6.45) is 0.989. The minimum absolute atomic E-state index is 0.776. The molecule has 1 heterocycles. The van der Waals surface area contributed by atoms with Gasteiger partial charge in [-0.25, -0.2) is 0 Å². The minimum atomic E-state index is 0.776. The second-order valence-electron chi connectivity index (χ2n) is 4.15. The van der Waals surface area contributed by atoms with Gasteiger partial charge in [0, 0.05) is 19.8 Å². The molecule has 92 valence electrons. The number of nitrogens with one attached hydrogen (secondary N) is 1. The quantitative estimate of drug-likeness (QED) is 0.651. The molecule has 2 rings (SSSR count). The first-order valence-corrected chi connectivity index (χ1v) is 6.40. The van der Waals surface area contributed by atoms with E-state index < -0.39 is 0 Å². The molecule has 1 aromatic heterocycles. The van der Waals surface area contributed by atoms with E-state index in [1.54, 1.807) is 0 Å². The van der Waals surface area contributed by atoms with Gasteiger partial charge in [0.15, 0.2) is 4.77 Å². The first-order chi connectivity index (χ1) is 8.22. The largest absolute Gasteiger partial charge is 0.382 e. The summed E-state index contributed by atoms with van der Waals surface area (Å²) in [6.45, 7) is 6.57. The van der Waals surface area contributed by atoms with Crippen LogP contribution in [0.1, 0.15) is 18.9 Å². The van der Waals surface area contributed by atoms with Crippen molar-refractivity contribution in [1.82, 2.24) is 9.55 Å². The molecule has 0 radical (unpaired) electrons. The Hall–Kier alpha value is -1.13. The maximum Gasteiger partial charge on any atom is 0.178 e. The van der Waals surface area contributed by atoms with E-state index in [2.05, 4.69) is 34.7 Å². The van der Waals surface area contributed by atoms with E-state index in [4.69, 9.17) is 17.0 Å². The van der Waals surface area contributed by atoms with Crippen molar-refractivity contribution in [2.75, 3.05) is 13.2 Å². The van der Waals surface area contributed by atoms with Crippen LogP contribution >= 0.6 is 12.2 Å². The van der Waals surface area contributed by atoms with Crippen molar-refractivity contribution < 1.29 is 4.74 Å². The van der Waals surface area contributed by atoms with Crippen molar-refractivity contribution in [2.45, 2.75) is 26.8 Å². The third kappa shape index (κ3) is 2.76. The van der Waals surface area contributed by atoms with Gasteiger partial charge in [-0.05, 0) is 50.2 Å². The summed E-state index contributed by atoms with van der Waals surface area (Å²) >= 11 is 5.34. The molecule has 0 aliphatic heterocycles. The molecule has 0 unspecified atom stereocenters. The lowest BCUT2D eigenvalue weighted by Crippen LogP contribution is -2.02. The molecule has 0 aliphatic rings. The number of imidazole rings is 1. The maximum absolute atomic E-state index is 5.35. The lowest BCUT2D eigenvalue weighted by Gasteiger charge is -2.04. The van der Waals surface area contributed by atoms with Gasteiger partial charge in [0.2, 0.25) is 0 Å². The summed E-state index contributed by atoms with van der Waals surface area (Å²) in [5.74, 6) is 0. The molecule has 0 saturated carbocycles. The average molecular weight is 250 g/mol. The van der Waals surface area contributed by atoms with Crippen LogP contribution in [0, 0.1) is 11.7 Å². The van der Waals surface area contributed by atoms with E-state index in [1.165, 1.54) is 11.1 Å². The lowest BCUT2D eigenvalue weighted by atomic mass is 10.2. The summed E-state index contributed by atoms with van der Waals surface area (Å²) in [5, 5.41) is 0. The zero-order chi connectivity index (χ0) is 12.3. The summed E-state index contributed by atoms with van der Waals surface area (Å²) in [4.78, 5) is 3.25. The average Bonchev–Trinajstić information content (AvgIpc) is 2.60. The molecular weight excluding hydrogens is 232 g/mol. The predicted octanol–water partition coefficient (Wildman–Crippen LogP) is 3.43. The zero-order valence-electron chi connectivity index (χ0n) is 10.3. The molecule has 0 atom stereocenters. The van der Waals surface area contributed by atoms with Gasteiger partial charge in [-0.1, -0.05) is 6.07 Å². The molecule has 0 spiro atoms. The van der Waals surface area contributed by atoms with Gasteiger partial charge in [0.1, 0.15) is 0 Å². The second-order valence-corrected chi connectivity index (χ2v) is 4.54. The number of hydrogen-bond donors (Lipinski definition) is 1. The van der Waals surface area contributed by atoms with Crippen molar-refractivity contribution in [1.29, 1.82) is 0 Å². The summed E-state index contributed by atoms with van der Waals surface area (Å²) in [5.41, 5.74) is 3.54. The van der Waals surface area contributed by atoms with E-state index in [0.717, 1.165) is 36.5 Å². The van der Waals surface area contributed by atoms with Crippen LogP contribution in [0.3, 0.4) is 0 Å². The first-order valence-electron chi connectivity index (χ1n) is 5.99. The maximum atomic E-state index is 5.35. The monoisotopic (exact) mass is 250 g/mol. The van der Waals surface area contributed by atoms with Gasteiger partial charge in [-0.15, -0.1) is 0 Å². The molecule has 0 bridgehead atoms. The SMILES string of the molecule is CCOCCCn1c(=S)[nH]c2cc(C)ccc21. The van der Waals surface area contributed by atoms with E-state index in [-0.39, 0.29) is 0 Å². The Kier molecular flexibility index (Phi) is 3.97. The summed E-state index contributed by atoms with van der Waals surface area (Å²) < 4.78 is 8.28. The normalized spacial score (nSPS) is 11.2. The smallest absolute Gasteiger partial charge is 0.178 e. The van der Waals surface area contributed by atoms with Crippen LogP contribution in [0.2, 0.25) is 0 Å². The number of ether oxygens (including phenoxy) is 1. The number of rotatable bonds is 5. The van der Waals surface area contributed by atoms with Crippen molar-refractivity contribution >= 4 is 23.3 Å². The van der Waals surface area contributed by atoms with Crippen LogP contribution in [0.5, 0.6) is 0 Å². The topological polar surface area (TPSA) is 29.9 Å². The van der Waals surface area contributed by atoms with Crippen molar-refractivity contribution in [3.63, 3.8) is 0 Å². The number of aryl methyl sites for hydroxylation is 2. The van der Waals surface area contributed by atoms with Gasteiger partial charge in [-0.3, -0.25) is 0 Å². The van der Waals surface area contributed by atoms with Crippen LogP contribution in [-0.4, -0.2) is 22.8 Å². The van der Waals surface area contributed by atoms with Crippen LogP contribution in [0.4, 0.5) is 0 Å². The molecule has 3 nitrogen and oxygen atoms in total. The van der Waals surface area contributed by atoms with Crippen molar-refractivity contribution in [2.24, 2.45) is 0 Å². The summed E-state index contributed by atoms with van der Waals surface area (Å²) in [7, 11) is 0. The van der Waals surface area contributed by atoms with Gasteiger partial charge in [-0.2, -0.15) is 0 Å². The first kappa shape index (κ1) is 12.3. The van der Waals surface area contributed by atoms with E-state index in [9.17, 15) is 0 Å². The summed E-state index contributed by atoms with van der Waals surface area (Å²) in [6, 6.07) is 6.37. The molecule has 1 aromatic carbocycles. The van der Waals surface area contributed by atoms with Gasteiger partial charge >= 0.3 is 0 Å². The van der Waals surface area contributed by atoms with Gasteiger partial charge < -0.3 is 14.3 Å². The molecule has 1 N–H and O–H groups in total. The molecule has 0 saturated heterocycles. The molecule has 0 fully saturated rings. The Bertz CT molecular complexity index is 556. The van der Waals surface area contributed by atoms with Crippen molar-refractivity contribution in [3.8, 4) is 0 Å². The molecular formula is C13H18N2OS. The standard InChI is InChI=1S/C13H18N2OS/c1-3-16-8-4-7-15-12-6-5-10(2)9-11(12)14-13(15)17/h5-6,9H,3-4,7-8H2,1-2H3,(H,14,17). The Balaban J connectivity index is 2.21. The third-order valence-electron chi connectivity index (χ3n) is 2.80. The van der Waals surface area contributed by atoms with Crippen LogP contribution in [0.15, 0.2) is 18.2 Å². The fraction of sp³-hybridized carbons (Fsp3) is 0.462. The second kappa shape index (κ2) is 5.47. The molecule has 4 heteroatoms. The fourth-order valence-corrected chi connectivity index (χ4v) is 2.27. The zero-order valence-corrected chi connectivity index (χ0v) is 11.1. The molecule has 17 heavy (non-hydrogen) atoms. The molecule has 0 aliphatic carbocycles. The third-order valence-corrected chi connectivity index (χ3v) is 3.13. The highest BCUT2D eigenvalue weighted by Crippen LogP contribution is 2.16. The molecule has 2 aromatic rings. The number of nitrogens with zero attached hydrogens (tertiary/aromatic N) is 1. The van der Waals surface area contributed by atoms with Gasteiger partial charge in [0.05, 0.1) is 11.0 Å². The van der Waals surface area contributed by atoms with Crippen molar-refractivity contribution in [3.05, 3.63) is 28.5 Å². The number of benzene rings is 1. The Labute approximate surface area is 106 Å². The Morgan fingerprint density at radius 2 is 2.24 bits per heavy atom. The lowest BCUT2D eigenvalue weighted by molar-refractivity contribution is 0.142. The Morgan fingerprint density at radius 3 is 3.00 bits per heavy atom. The van der Waals surface area contributed by atoms with Crippen LogP contribution < -0.4 is 0 Å². The number of aromatic nitrogens is 2. The molecule has 0 amide bonds. The Morgan fingerprint density at radius 1 is 1.41 bits per heavy atom. The predicted molar refractivity (Wildman–Crippen MR) is 73.0 cm³/mol. The highest BCUT2D eigenvalue weighted by Gasteiger charge is 2.03. The van der Waals surface area contributed by atoms with E-state index in [1.807, 2.05) is 6.92 Å². The van der Waals surface area contributed by atoms with E-state index >= 15 is 0 Å².